The molecule has 2 heterocycles. The highest BCUT2D eigenvalue weighted by Gasteiger charge is 2.34. The molecule has 2 aliphatic rings. The van der Waals surface area contributed by atoms with Crippen LogP contribution in [0.3, 0.4) is 0 Å². The smallest absolute Gasteiger partial charge is 0.0670 e. The van der Waals surface area contributed by atoms with E-state index in [4.69, 9.17) is 4.74 Å². The van der Waals surface area contributed by atoms with Crippen LogP contribution >= 0.6 is 11.8 Å². The van der Waals surface area contributed by atoms with Gasteiger partial charge in [-0.2, -0.15) is 11.8 Å². The quantitative estimate of drug-likeness (QED) is 0.757. The van der Waals surface area contributed by atoms with E-state index in [1.165, 1.54) is 5.75 Å². The fourth-order valence-electron chi connectivity index (χ4n) is 2.66. The molecule has 2 saturated heterocycles. The Morgan fingerprint density at radius 1 is 1.59 bits per heavy atom. The Kier molecular flexibility index (Phi) is 5.35. The van der Waals surface area contributed by atoms with Crippen LogP contribution in [0, 0.1) is 0 Å². The molecule has 0 aliphatic carbocycles. The summed E-state index contributed by atoms with van der Waals surface area (Å²) in [5, 5.41) is 10.6. The molecule has 2 aliphatic heterocycles. The number of aliphatic hydroxyl groups excluding tert-OH is 1. The number of hydrogen-bond donors (Lipinski definition) is 1. The first-order chi connectivity index (χ1) is 8.31. The number of ether oxygens (including phenoxy) is 1. The number of nitrogens with zero attached hydrogens (tertiary/aromatic N) is 1. The second-order valence-electron chi connectivity index (χ2n) is 4.85. The fraction of sp³-hybridized carbons (Fsp3) is 0.846. The van der Waals surface area contributed by atoms with Crippen LogP contribution in [0.15, 0.2) is 12.7 Å². The van der Waals surface area contributed by atoms with Crippen molar-refractivity contribution in [2.75, 3.05) is 32.1 Å². The fourth-order valence-corrected chi connectivity index (χ4v) is 4.03. The first kappa shape index (κ1) is 13.4. The average Bonchev–Trinajstić information content (AvgIpc) is 2.37. The molecule has 1 N–H and O–H groups in total. The van der Waals surface area contributed by atoms with Gasteiger partial charge in [0.25, 0.3) is 0 Å². The second-order valence-corrected chi connectivity index (χ2v) is 6.20. The highest BCUT2D eigenvalue weighted by molar-refractivity contribution is 8.00. The van der Waals surface area contributed by atoms with Crippen LogP contribution in [0.1, 0.15) is 19.3 Å². The Morgan fingerprint density at radius 3 is 3.29 bits per heavy atom. The highest BCUT2D eigenvalue weighted by atomic mass is 32.2. The van der Waals surface area contributed by atoms with Crippen molar-refractivity contribution in [2.24, 2.45) is 0 Å². The molecule has 4 heteroatoms. The summed E-state index contributed by atoms with van der Waals surface area (Å²) in [6.07, 6.45) is 4.53. The molecule has 3 nitrogen and oxygen atoms in total. The molecular formula is C13H23NO2S. The summed E-state index contributed by atoms with van der Waals surface area (Å²) in [6, 6.07) is 0.612. The van der Waals surface area contributed by atoms with Crippen LogP contribution < -0.4 is 0 Å². The van der Waals surface area contributed by atoms with E-state index in [-0.39, 0.29) is 6.10 Å². The van der Waals surface area contributed by atoms with Gasteiger partial charge in [0.2, 0.25) is 0 Å². The normalized spacial score (nSPS) is 31.8. The number of fused-ring (bicyclic) bond motifs is 1. The van der Waals surface area contributed by atoms with E-state index < -0.39 is 0 Å². The van der Waals surface area contributed by atoms with Crippen LogP contribution in [-0.2, 0) is 4.74 Å². The molecule has 0 aromatic heterocycles. The van der Waals surface area contributed by atoms with Crippen molar-refractivity contribution in [2.45, 2.75) is 36.7 Å². The molecule has 0 radical (unpaired) electrons. The lowest BCUT2D eigenvalue weighted by Crippen LogP contribution is -2.53. The highest BCUT2D eigenvalue weighted by Crippen LogP contribution is 2.30. The van der Waals surface area contributed by atoms with Crippen LogP contribution in [0.5, 0.6) is 0 Å². The minimum Gasteiger partial charge on any atom is -0.392 e. The number of thioether (sulfide) groups is 1. The predicted molar refractivity (Wildman–Crippen MR) is 72.5 cm³/mol. The minimum absolute atomic E-state index is 0.209. The molecule has 0 bridgehead atoms. The molecule has 3 atom stereocenters. The standard InChI is InChI=1S/C13H23NO2S/c1-2-3-4-11(15)9-14-6-8-17-13-10-16-7-5-12(13)14/h2,11-13,15H,1,3-10H2. The van der Waals surface area contributed by atoms with Crippen molar-refractivity contribution in [3.8, 4) is 0 Å². The molecule has 0 amide bonds. The van der Waals surface area contributed by atoms with Gasteiger partial charge in [0.1, 0.15) is 0 Å². The van der Waals surface area contributed by atoms with Crippen molar-refractivity contribution in [3.63, 3.8) is 0 Å². The topological polar surface area (TPSA) is 32.7 Å². The lowest BCUT2D eigenvalue weighted by molar-refractivity contribution is 0.0169. The molecular weight excluding hydrogens is 234 g/mol. The molecule has 0 aromatic carbocycles. The first-order valence-corrected chi connectivity index (χ1v) is 7.58. The largest absolute Gasteiger partial charge is 0.392 e. The molecule has 98 valence electrons. The maximum atomic E-state index is 10.00. The van der Waals surface area contributed by atoms with Crippen LogP contribution in [-0.4, -0.2) is 59.5 Å². The van der Waals surface area contributed by atoms with E-state index in [1.807, 2.05) is 17.8 Å². The number of β-amino-alcohol motifs (C(OH)–C–C–N with tert-alkyl or cyclic N) is 1. The zero-order valence-electron chi connectivity index (χ0n) is 10.4. The van der Waals surface area contributed by atoms with Crippen molar-refractivity contribution in [3.05, 3.63) is 12.7 Å². The van der Waals surface area contributed by atoms with Gasteiger partial charge in [-0.3, -0.25) is 4.90 Å². The van der Waals surface area contributed by atoms with Gasteiger partial charge >= 0.3 is 0 Å². The van der Waals surface area contributed by atoms with Gasteiger partial charge in [-0.1, -0.05) is 6.08 Å². The average molecular weight is 257 g/mol. The SMILES string of the molecule is C=CCCC(O)CN1CCSC2COCCC21. The second kappa shape index (κ2) is 6.78. The van der Waals surface area contributed by atoms with Gasteiger partial charge in [-0.25, -0.2) is 0 Å². The lowest BCUT2D eigenvalue weighted by Gasteiger charge is -2.44. The molecule has 0 saturated carbocycles. The zero-order chi connectivity index (χ0) is 12.1. The van der Waals surface area contributed by atoms with E-state index in [2.05, 4.69) is 11.5 Å². The van der Waals surface area contributed by atoms with Crippen LogP contribution in [0.2, 0.25) is 0 Å². The number of hydrogen-bond acceptors (Lipinski definition) is 4. The maximum Gasteiger partial charge on any atom is 0.0670 e. The van der Waals surface area contributed by atoms with Crippen molar-refractivity contribution in [1.29, 1.82) is 0 Å². The lowest BCUT2D eigenvalue weighted by atomic mass is 10.0. The van der Waals surface area contributed by atoms with Gasteiger partial charge in [-0.05, 0) is 19.3 Å². The third-order valence-electron chi connectivity index (χ3n) is 3.60. The van der Waals surface area contributed by atoms with E-state index in [0.717, 1.165) is 45.6 Å². The van der Waals surface area contributed by atoms with Gasteiger partial charge in [-0.15, -0.1) is 6.58 Å². The van der Waals surface area contributed by atoms with E-state index >= 15 is 0 Å². The summed E-state index contributed by atoms with van der Waals surface area (Å²) in [7, 11) is 0. The Balaban J connectivity index is 1.83. The molecule has 17 heavy (non-hydrogen) atoms. The zero-order valence-corrected chi connectivity index (χ0v) is 11.2. The summed E-state index contributed by atoms with van der Waals surface area (Å²) < 4.78 is 5.53. The number of aliphatic hydroxyl groups is 1. The van der Waals surface area contributed by atoms with Gasteiger partial charge in [0.05, 0.1) is 12.7 Å². The Morgan fingerprint density at radius 2 is 2.47 bits per heavy atom. The van der Waals surface area contributed by atoms with E-state index in [0.29, 0.717) is 11.3 Å². The maximum absolute atomic E-state index is 10.00. The number of allylic oxidation sites excluding steroid dienone is 1. The summed E-state index contributed by atoms with van der Waals surface area (Å²) in [6.45, 7) is 7.38. The Bertz CT molecular complexity index is 248. The van der Waals surface area contributed by atoms with Crippen LogP contribution in [0.25, 0.3) is 0 Å². The molecule has 2 rings (SSSR count). The molecule has 2 fully saturated rings. The minimum atomic E-state index is -0.209. The van der Waals surface area contributed by atoms with E-state index in [1.54, 1.807) is 0 Å². The summed E-state index contributed by atoms with van der Waals surface area (Å²) in [4.78, 5) is 2.47. The molecule has 0 spiro atoms. The van der Waals surface area contributed by atoms with Gasteiger partial charge in [0, 0.05) is 36.7 Å². The van der Waals surface area contributed by atoms with Crippen molar-refractivity contribution >= 4 is 11.8 Å². The third-order valence-corrected chi connectivity index (χ3v) is 4.89. The van der Waals surface area contributed by atoms with Gasteiger partial charge < -0.3 is 9.84 Å². The number of rotatable bonds is 5. The Labute approximate surface area is 108 Å². The van der Waals surface area contributed by atoms with Gasteiger partial charge in [0.15, 0.2) is 0 Å². The van der Waals surface area contributed by atoms with Crippen molar-refractivity contribution < 1.29 is 9.84 Å². The Hall–Kier alpha value is -0.0300. The monoisotopic (exact) mass is 257 g/mol. The summed E-state index contributed by atoms with van der Waals surface area (Å²) in [5.74, 6) is 1.17. The van der Waals surface area contributed by atoms with E-state index in [9.17, 15) is 5.11 Å². The molecule has 0 aromatic rings. The first-order valence-electron chi connectivity index (χ1n) is 6.53. The summed E-state index contributed by atoms with van der Waals surface area (Å²) in [5.41, 5.74) is 0. The predicted octanol–water partition coefficient (Wildman–Crippen LogP) is 1.52. The summed E-state index contributed by atoms with van der Waals surface area (Å²) >= 11 is 2.03. The molecule has 3 unspecified atom stereocenters. The van der Waals surface area contributed by atoms with Crippen molar-refractivity contribution in [1.82, 2.24) is 4.90 Å². The third kappa shape index (κ3) is 3.71. The van der Waals surface area contributed by atoms with Crippen LogP contribution in [0.4, 0.5) is 0 Å².